The first-order valence-electron chi connectivity index (χ1n) is 6.09. The first kappa shape index (κ1) is 12.6. The van der Waals surface area contributed by atoms with Gasteiger partial charge in [-0.25, -0.2) is 4.79 Å². The smallest absolute Gasteiger partial charge is 0.411 e. The molecule has 5 nitrogen and oxygen atoms in total. The number of rotatable bonds is 1. The Labute approximate surface area is 102 Å². The minimum Gasteiger partial charge on any atom is -0.444 e. The van der Waals surface area contributed by atoms with Crippen LogP contribution in [0.15, 0.2) is 0 Å². The average Bonchev–Trinajstić information content (AvgIpc) is 2.45. The molecular formula is C12H21NO4. The van der Waals surface area contributed by atoms with E-state index in [1.807, 2.05) is 20.8 Å². The second-order valence-corrected chi connectivity index (χ2v) is 5.92. The van der Waals surface area contributed by atoms with Gasteiger partial charge >= 0.3 is 6.09 Å². The van der Waals surface area contributed by atoms with Crippen LogP contribution in [0.4, 0.5) is 4.79 Å². The molecule has 1 N–H and O–H groups in total. The summed E-state index contributed by atoms with van der Waals surface area (Å²) >= 11 is 0. The molecule has 5 heteroatoms. The van der Waals surface area contributed by atoms with Crippen molar-refractivity contribution in [2.45, 2.75) is 50.8 Å². The van der Waals surface area contributed by atoms with E-state index in [0.717, 1.165) is 6.42 Å². The van der Waals surface area contributed by atoms with Gasteiger partial charge in [0.1, 0.15) is 5.60 Å². The molecule has 2 atom stereocenters. The van der Waals surface area contributed by atoms with Gasteiger partial charge in [-0.3, -0.25) is 4.90 Å². The van der Waals surface area contributed by atoms with Gasteiger partial charge in [0.05, 0.1) is 24.8 Å². The molecule has 3 fully saturated rings. The number of carbonyl (C=O) groups excluding carboxylic acids is 1. The molecular weight excluding hydrogens is 222 g/mol. The number of nitrogens with zero attached hydrogens (tertiary/aromatic N) is 1. The summed E-state index contributed by atoms with van der Waals surface area (Å²) in [6, 6.07) is 0.0551. The molecule has 0 aliphatic carbocycles. The van der Waals surface area contributed by atoms with Crippen molar-refractivity contribution in [2.24, 2.45) is 0 Å². The van der Waals surface area contributed by atoms with E-state index in [9.17, 15) is 9.90 Å². The SMILES string of the molecule is CC(C)(C)OC(=O)N1C2COCCC1(CO)C2. The van der Waals surface area contributed by atoms with Crippen LogP contribution in [-0.2, 0) is 9.47 Å². The highest BCUT2D eigenvalue weighted by Gasteiger charge is 2.56. The summed E-state index contributed by atoms with van der Waals surface area (Å²) in [6.45, 7) is 6.65. The van der Waals surface area contributed by atoms with Crippen molar-refractivity contribution >= 4 is 6.09 Å². The average molecular weight is 243 g/mol. The lowest BCUT2D eigenvalue weighted by atomic mass is 9.78. The number of hydrogen-bond acceptors (Lipinski definition) is 4. The third-order valence-corrected chi connectivity index (χ3v) is 3.40. The fraction of sp³-hybridized carbons (Fsp3) is 0.917. The highest BCUT2D eigenvalue weighted by Crippen LogP contribution is 2.42. The molecule has 0 aromatic heterocycles. The standard InChI is InChI=1S/C12H21NO4/c1-11(2,3)17-10(15)13-9-6-12(13,8-14)4-5-16-7-9/h9,14H,4-8H2,1-3H3. The second kappa shape index (κ2) is 4.14. The van der Waals surface area contributed by atoms with E-state index in [0.29, 0.717) is 19.6 Å². The summed E-state index contributed by atoms with van der Waals surface area (Å²) in [7, 11) is 0. The van der Waals surface area contributed by atoms with E-state index in [1.54, 1.807) is 4.90 Å². The van der Waals surface area contributed by atoms with Crippen molar-refractivity contribution in [1.29, 1.82) is 0 Å². The van der Waals surface area contributed by atoms with Gasteiger partial charge in [-0.1, -0.05) is 0 Å². The molecule has 3 aliphatic rings. The van der Waals surface area contributed by atoms with Crippen LogP contribution in [0.1, 0.15) is 33.6 Å². The Kier molecular flexibility index (Phi) is 3.08. The molecule has 98 valence electrons. The molecule has 2 bridgehead atoms. The van der Waals surface area contributed by atoms with Crippen LogP contribution in [-0.4, -0.2) is 53.1 Å². The maximum absolute atomic E-state index is 12.1. The number of hydrogen-bond donors (Lipinski definition) is 1. The normalized spacial score (nSPS) is 32.7. The summed E-state index contributed by atoms with van der Waals surface area (Å²) in [5.41, 5.74) is -0.961. The quantitative estimate of drug-likeness (QED) is 0.750. The molecule has 0 aromatic carbocycles. The van der Waals surface area contributed by atoms with E-state index in [1.165, 1.54) is 0 Å². The third-order valence-electron chi connectivity index (χ3n) is 3.40. The van der Waals surface area contributed by atoms with Gasteiger partial charge in [-0.05, 0) is 33.6 Å². The zero-order valence-electron chi connectivity index (χ0n) is 10.7. The maximum Gasteiger partial charge on any atom is 0.411 e. The molecule has 0 spiro atoms. The topological polar surface area (TPSA) is 59.0 Å². The van der Waals surface area contributed by atoms with Crippen molar-refractivity contribution in [3.05, 3.63) is 0 Å². The van der Waals surface area contributed by atoms with Gasteiger partial charge in [0.2, 0.25) is 0 Å². The lowest BCUT2D eigenvalue weighted by Crippen LogP contribution is -2.70. The Morgan fingerprint density at radius 3 is 2.88 bits per heavy atom. The fourth-order valence-corrected chi connectivity index (χ4v) is 2.61. The molecule has 3 heterocycles. The zero-order chi connectivity index (χ0) is 12.7. The molecule has 0 aromatic rings. The predicted molar refractivity (Wildman–Crippen MR) is 61.7 cm³/mol. The van der Waals surface area contributed by atoms with Crippen molar-refractivity contribution in [3.8, 4) is 0 Å². The number of amides is 1. The lowest BCUT2D eigenvalue weighted by Gasteiger charge is -2.55. The van der Waals surface area contributed by atoms with Crippen molar-refractivity contribution in [2.75, 3.05) is 19.8 Å². The van der Waals surface area contributed by atoms with Gasteiger partial charge < -0.3 is 14.6 Å². The van der Waals surface area contributed by atoms with E-state index >= 15 is 0 Å². The van der Waals surface area contributed by atoms with Crippen LogP contribution in [0.3, 0.4) is 0 Å². The molecule has 0 radical (unpaired) electrons. The highest BCUT2D eigenvalue weighted by molar-refractivity contribution is 5.71. The molecule has 0 saturated carbocycles. The van der Waals surface area contributed by atoms with Crippen molar-refractivity contribution in [1.82, 2.24) is 4.90 Å². The summed E-state index contributed by atoms with van der Waals surface area (Å²) in [5, 5.41) is 9.53. The van der Waals surface area contributed by atoms with Gasteiger partial charge in [0.15, 0.2) is 0 Å². The van der Waals surface area contributed by atoms with Crippen LogP contribution < -0.4 is 0 Å². The molecule has 1 amide bonds. The van der Waals surface area contributed by atoms with Crippen molar-refractivity contribution < 1.29 is 19.4 Å². The van der Waals surface area contributed by atoms with E-state index in [4.69, 9.17) is 9.47 Å². The summed E-state index contributed by atoms with van der Waals surface area (Å²) in [6.07, 6.45) is 1.15. The maximum atomic E-state index is 12.1. The molecule has 3 aliphatic heterocycles. The summed E-state index contributed by atoms with van der Waals surface area (Å²) < 4.78 is 10.8. The fourth-order valence-electron chi connectivity index (χ4n) is 2.61. The first-order valence-corrected chi connectivity index (χ1v) is 6.09. The van der Waals surface area contributed by atoms with Crippen LogP contribution in [0, 0.1) is 0 Å². The minimum absolute atomic E-state index is 0.0217. The van der Waals surface area contributed by atoms with Crippen molar-refractivity contribution in [3.63, 3.8) is 0 Å². The van der Waals surface area contributed by atoms with Gasteiger partial charge in [0, 0.05) is 6.61 Å². The van der Waals surface area contributed by atoms with E-state index < -0.39 is 11.1 Å². The number of fused-ring (bicyclic) bond motifs is 3. The summed E-state index contributed by atoms with van der Waals surface area (Å²) in [4.78, 5) is 13.8. The molecule has 3 rings (SSSR count). The molecule has 2 unspecified atom stereocenters. The number of ether oxygens (including phenoxy) is 2. The van der Waals surface area contributed by atoms with Gasteiger partial charge in [-0.15, -0.1) is 0 Å². The Bertz CT molecular complexity index is 308. The zero-order valence-corrected chi connectivity index (χ0v) is 10.7. The summed E-state index contributed by atoms with van der Waals surface area (Å²) in [5.74, 6) is 0. The predicted octanol–water partition coefficient (Wildman–Crippen LogP) is 1.15. The monoisotopic (exact) mass is 243 g/mol. The second-order valence-electron chi connectivity index (χ2n) is 5.92. The molecule has 3 saturated heterocycles. The van der Waals surface area contributed by atoms with Gasteiger partial charge in [0.25, 0.3) is 0 Å². The van der Waals surface area contributed by atoms with Crippen LogP contribution >= 0.6 is 0 Å². The lowest BCUT2D eigenvalue weighted by molar-refractivity contribution is -0.0988. The first-order chi connectivity index (χ1) is 7.88. The van der Waals surface area contributed by atoms with E-state index in [-0.39, 0.29) is 18.7 Å². The molecule has 17 heavy (non-hydrogen) atoms. The highest BCUT2D eigenvalue weighted by atomic mass is 16.6. The van der Waals surface area contributed by atoms with Crippen LogP contribution in [0.25, 0.3) is 0 Å². The van der Waals surface area contributed by atoms with Gasteiger partial charge in [-0.2, -0.15) is 0 Å². The van der Waals surface area contributed by atoms with Crippen LogP contribution in [0.2, 0.25) is 0 Å². The van der Waals surface area contributed by atoms with E-state index in [2.05, 4.69) is 0 Å². The Hall–Kier alpha value is -0.810. The minimum atomic E-state index is -0.507. The largest absolute Gasteiger partial charge is 0.444 e. The van der Waals surface area contributed by atoms with Crippen LogP contribution in [0.5, 0.6) is 0 Å². The Morgan fingerprint density at radius 1 is 1.59 bits per heavy atom. The Morgan fingerprint density at radius 2 is 2.29 bits per heavy atom. The third kappa shape index (κ3) is 2.26. The number of aliphatic hydroxyl groups is 1. The Balaban J connectivity index is 2.11. The number of aliphatic hydroxyl groups excluding tert-OH is 1. The number of carbonyl (C=O) groups is 1.